The molecule has 0 aliphatic heterocycles. The maximum Gasteiger partial charge on any atom is 0.260 e. The van der Waals surface area contributed by atoms with Gasteiger partial charge in [0, 0.05) is 29.8 Å². The number of benzene rings is 1. The van der Waals surface area contributed by atoms with Crippen LogP contribution in [0.15, 0.2) is 54.7 Å². The largest absolute Gasteiger partial charge is 0.342 e. The summed E-state index contributed by atoms with van der Waals surface area (Å²) in [6.45, 7) is 6.97. The third-order valence-electron chi connectivity index (χ3n) is 4.55. The SMILES string of the molecule is CCN(C(=O)c1cc(C)n(Cc2ccccn2)c1C)c1ccc(F)cc1. The summed E-state index contributed by atoms with van der Waals surface area (Å²) >= 11 is 0. The first kappa shape index (κ1) is 17.9. The molecule has 3 rings (SSSR count). The topological polar surface area (TPSA) is 38.1 Å². The number of halogens is 1. The summed E-state index contributed by atoms with van der Waals surface area (Å²) in [5.74, 6) is -0.398. The molecule has 0 fully saturated rings. The van der Waals surface area contributed by atoms with E-state index >= 15 is 0 Å². The minimum atomic E-state index is -0.314. The minimum Gasteiger partial charge on any atom is -0.342 e. The van der Waals surface area contributed by atoms with Gasteiger partial charge in [-0.2, -0.15) is 0 Å². The Morgan fingerprint density at radius 1 is 1.15 bits per heavy atom. The Morgan fingerprint density at radius 3 is 2.50 bits per heavy atom. The Labute approximate surface area is 152 Å². The van der Waals surface area contributed by atoms with Gasteiger partial charge in [-0.25, -0.2) is 4.39 Å². The Morgan fingerprint density at radius 2 is 1.88 bits per heavy atom. The molecule has 0 atom stereocenters. The standard InChI is InChI=1S/C21H22FN3O/c1-4-24(19-10-8-17(22)9-11-19)21(26)20-13-15(2)25(16(20)3)14-18-7-5-6-12-23-18/h5-13H,4,14H2,1-3H3. The second-order valence-corrected chi connectivity index (χ2v) is 6.22. The van der Waals surface area contributed by atoms with Crippen molar-refractivity contribution in [3.63, 3.8) is 0 Å². The van der Waals surface area contributed by atoms with Crippen LogP contribution in [0.4, 0.5) is 10.1 Å². The van der Waals surface area contributed by atoms with Crippen LogP contribution in [0.5, 0.6) is 0 Å². The normalized spacial score (nSPS) is 10.8. The number of rotatable bonds is 5. The predicted molar refractivity (Wildman–Crippen MR) is 101 cm³/mol. The monoisotopic (exact) mass is 351 g/mol. The van der Waals surface area contributed by atoms with Crippen LogP contribution in [0.3, 0.4) is 0 Å². The number of aromatic nitrogens is 2. The van der Waals surface area contributed by atoms with E-state index in [9.17, 15) is 9.18 Å². The Hall–Kier alpha value is -2.95. The summed E-state index contributed by atoms with van der Waals surface area (Å²) in [7, 11) is 0. The molecule has 3 aromatic rings. The number of carbonyl (C=O) groups is 1. The fraction of sp³-hybridized carbons (Fsp3) is 0.238. The van der Waals surface area contributed by atoms with Gasteiger partial charge in [-0.05, 0) is 63.2 Å². The molecule has 0 saturated carbocycles. The van der Waals surface area contributed by atoms with Gasteiger partial charge in [0.25, 0.3) is 5.91 Å². The van der Waals surface area contributed by atoms with E-state index in [1.807, 2.05) is 45.0 Å². The zero-order valence-corrected chi connectivity index (χ0v) is 15.2. The van der Waals surface area contributed by atoms with Gasteiger partial charge in [-0.1, -0.05) is 6.07 Å². The zero-order chi connectivity index (χ0) is 18.7. The Bertz CT molecular complexity index is 901. The number of pyridine rings is 1. The van der Waals surface area contributed by atoms with Crippen LogP contribution in [0.1, 0.15) is 34.4 Å². The zero-order valence-electron chi connectivity index (χ0n) is 15.2. The highest BCUT2D eigenvalue weighted by molar-refractivity contribution is 6.07. The van der Waals surface area contributed by atoms with Crippen molar-refractivity contribution >= 4 is 11.6 Å². The molecule has 26 heavy (non-hydrogen) atoms. The summed E-state index contributed by atoms with van der Waals surface area (Å²) in [5, 5.41) is 0. The van der Waals surface area contributed by atoms with Crippen molar-refractivity contribution in [1.29, 1.82) is 0 Å². The van der Waals surface area contributed by atoms with Crippen molar-refractivity contribution in [3.8, 4) is 0 Å². The first-order valence-electron chi connectivity index (χ1n) is 8.65. The van der Waals surface area contributed by atoms with Crippen molar-refractivity contribution < 1.29 is 9.18 Å². The first-order chi connectivity index (χ1) is 12.5. The van der Waals surface area contributed by atoms with Gasteiger partial charge in [0.05, 0.1) is 17.8 Å². The number of hydrogen-bond acceptors (Lipinski definition) is 2. The van der Waals surface area contributed by atoms with Crippen LogP contribution in [-0.4, -0.2) is 22.0 Å². The maximum absolute atomic E-state index is 13.2. The molecule has 1 amide bonds. The predicted octanol–water partition coefficient (Wildman–Crippen LogP) is 4.35. The van der Waals surface area contributed by atoms with Gasteiger partial charge < -0.3 is 9.47 Å². The summed E-state index contributed by atoms with van der Waals surface area (Å²) in [6, 6.07) is 13.7. The Kier molecular flexibility index (Phi) is 5.16. The highest BCUT2D eigenvalue weighted by Gasteiger charge is 2.21. The van der Waals surface area contributed by atoms with E-state index in [1.54, 1.807) is 23.2 Å². The molecule has 0 spiro atoms. The Balaban J connectivity index is 1.92. The molecule has 134 valence electrons. The molecule has 2 heterocycles. The number of aryl methyl sites for hydroxylation is 1. The summed E-state index contributed by atoms with van der Waals surface area (Å²) < 4.78 is 15.3. The lowest BCUT2D eigenvalue weighted by molar-refractivity contribution is 0.0987. The average molecular weight is 351 g/mol. The average Bonchev–Trinajstić information content (AvgIpc) is 2.93. The van der Waals surface area contributed by atoms with E-state index in [-0.39, 0.29) is 11.7 Å². The lowest BCUT2D eigenvalue weighted by atomic mass is 10.2. The van der Waals surface area contributed by atoms with Crippen molar-refractivity contribution in [2.24, 2.45) is 0 Å². The van der Waals surface area contributed by atoms with E-state index < -0.39 is 0 Å². The fourth-order valence-corrected chi connectivity index (χ4v) is 3.12. The van der Waals surface area contributed by atoms with Crippen LogP contribution in [0.2, 0.25) is 0 Å². The lowest BCUT2D eigenvalue weighted by Crippen LogP contribution is -2.31. The van der Waals surface area contributed by atoms with Crippen molar-refractivity contribution in [2.45, 2.75) is 27.3 Å². The van der Waals surface area contributed by atoms with Crippen molar-refractivity contribution in [1.82, 2.24) is 9.55 Å². The summed E-state index contributed by atoms with van der Waals surface area (Å²) in [6.07, 6.45) is 1.77. The number of anilines is 1. The second kappa shape index (κ2) is 7.52. The van der Waals surface area contributed by atoms with Gasteiger partial charge in [0.1, 0.15) is 5.82 Å². The molecule has 0 N–H and O–H groups in total. The van der Waals surface area contributed by atoms with Crippen LogP contribution < -0.4 is 4.90 Å². The van der Waals surface area contributed by atoms with Crippen molar-refractivity contribution in [3.05, 3.63) is 83.2 Å². The highest BCUT2D eigenvalue weighted by atomic mass is 19.1. The summed E-state index contributed by atoms with van der Waals surface area (Å²) in [5.41, 5.74) is 4.20. The number of carbonyl (C=O) groups excluding carboxylic acids is 1. The molecule has 4 nitrogen and oxygen atoms in total. The van der Waals surface area contributed by atoms with Gasteiger partial charge in [0.2, 0.25) is 0 Å². The molecule has 2 aromatic heterocycles. The van der Waals surface area contributed by atoms with Crippen LogP contribution in [0, 0.1) is 19.7 Å². The molecule has 1 aromatic carbocycles. The first-order valence-corrected chi connectivity index (χ1v) is 8.65. The van der Waals surface area contributed by atoms with Crippen LogP contribution in [0.25, 0.3) is 0 Å². The highest BCUT2D eigenvalue weighted by Crippen LogP contribution is 2.22. The van der Waals surface area contributed by atoms with Gasteiger partial charge in [-0.3, -0.25) is 9.78 Å². The van der Waals surface area contributed by atoms with E-state index in [4.69, 9.17) is 0 Å². The van der Waals surface area contributed by atoms with E-state index in [1.165, 1.54) is 12.1 Å². The molecule has 0 bridgehead atoms. The summed E-state index contributed by atoms with van der Waals surface area (Å²) in [4.78, 5) is 19.1. The van der Waals surface area contributed by atoms with Gasteiger partial charge >= 0.3 is 0 Å². The molecule has 0 radical (unpaired) electrons. The maximum atomic E-state index is 13.2. The quantitative estimate of drug-likeness (QED) is 0.685. The van der Waals surface area contributed by atoms with Crippen LogP contribution in [-0.2, 0) is 6.54 Å². The van der Waals surface area contributed by atoms with Crippen LogP contribution >= 0.6 is 0 Å². The minimum absolute atomic E-state index is 0.0838. The molecule has 0 unspecified atom stereocenters. The molecular formula is C21H22FN3O. The third-order valence-corrected chi connectivity index (χ3v) is 4.55. The molecule has 5 heteroatoms. The molecule has 0 saturated heterocycles. The van der Waals surface area contributed by atoms with Gasteiger partial charge in [0.15, 0.2) is 0 Å². The smallest absolute Gasteiger partial charge is 0.260 e. The number of nitrogens with zero attached hydrogens (tertiary/aromatic N) is 3. The molecule has 0 aliphatic carbocycles. The number of amides is 1. The van der Waals surface area contributed by atoms with Gasteiger partial charge in [-0.15, -0.1) is 0 Å². The van der Waals surface area contributed by atoms with Crippen molar-refractivity contribution in [2.75, 3.05) is 11.4 Å². The van der Waals surface area contributed by atoms with E-state index in [2.05, 4.69) is 9.55 Å². The lowest BCUT2D eigenvalue weighted by Gasteiger charge is -2.21. The second-order valence-electron chi connectivity index (χ2n) is 6.22. The van der Waals surface area contributed by atoms with E-state index in [0.29, 0.717) is 24.3 Å². The number of hydrogen-bond donors (Lipinski definition) is 0. The fourth-order valence-electron chi connectivity index (χ4n) is 3.12. The molecular weight excluding hydrogens is 329 g/mol. The van der Waals surface area contributed by atoms with E-state index in [0.717, 1.165) is 17.1 Å². The molecule has 0 aliphatic rings. The third kappa shape index (κ3) is 3.52.